The van der Waals surface area contributed by atoms with Crippen molar-refractivity contribution in [2.45, 2.75) is 22.6 Å². The number of fused-ring (bicyclic) bond motifs is 5. The fourth-order valence-electron chi connectivity index (χ4n) is 3.32. The first-order chi connectivity index (χ1) is 9.12. The first-order valence-corrected chi connectivity index (χ1v) is 7.23. The van der Waals surface area contributed by atoms with Crippen molar-refractivity contribution in [1.82, 2.24) is 0 Å². The summed E-state index contributed by atoms with van der Waals surface area (Å²) in [6, 6.07) is 15.1. The Hall–Kier alpha value is -1.22. The molecule has 1 fully saturated rings. The Morgan fingerprint density at radius 3 is 1.53 bits per heavy atom. The lowest BCUT2D eigenvalue weighted by Crippen LogP contribution is -2.04. The third-order valence-electron chi connectivity index (χ3n) is 4.26. The third kappa shape index (κ3) is 1.42. The Morgan fingerprint density at radius 1 is 0.737 bits per heavy atom. The molecule has 96 valence electrons. The molecule has 1 saturated carbocycles. The molecule has 2 aromatic carbocycles. The van der Waals surface area contributed by atoms with Crippen LogP contribution in [0.2, 0.25) is 0 Å². The molecule has 0 bridgehead atoms. The number of rotatable bonds is 0. The lowest BCUT2D eigenvalue weighted by Gasteiger charge is -2.16. The Kier molecular flexibility index (Phi) is 2.23. The van der Waals surface area contributed by atoms with E-state index >= 15 is 0 Å². The maximum absolute atomic E-state index is 14.2. The van der Waals surface area contributed by atoms with Crippen LogP contribution in [0.4, 0.5) is 8.78 Å². The molecule has 2 aliphatic rings. The molecule has 0 amide bonds. The lowest BCUT2D eigenvalue weighted by molar-refractivity contribution is 0.104. The van der Waals surface area contributed by atoms with E-state index in [1.54, 1.807) is 0 Å². The quantitative estimate of drug-likeness (QED) is 0.599. The Labute approximate surface area is 118 Å². The zero-order valence-corrected chi connectivity index (χ0v) is 11.6. The van der Waals surface area contributed by atoms with Gasteiger partial charge in [0.25, 0.3) is 5.92 Å². The zero-order chi connectivity index (χ0) is 13.2. The van der Waals surface area contributed by atoms with E-state index in [-0.39, 0.29) is 4.83 Å². The van der Waals surface area contributed by atoms with Gasteiger partial charge < -0.3 is 0 Å². The molecule has 2 unspecified atom stereocenters. The van der Waals surface area contributed by atoms with Crippen molar-refractivity contribution < 1.29 is 8.78 Å². The van der Waals surface area contributed by atoms with Crippen molar-refractivity contribution in [2.75, 3.05) is 0 Å². The minimum Gasteiger partial charge on any atom is -0.205 e. The van der Waals surface area contributed by atoms with Crippen LogP contribution in [-0.4, -0.2) is 5.92 Å². The molecule has 0 spiro atoms. The van der Waals surface area contributed by atoms with Gasteiger partial charge in [0, 0.05) is 0 Å². The fraction of sp³-hybridized carbons (Fsp3) is 0.250. The Morgan fingerprint density at radius 2 is 1.11 bits per heavy atom. The van der Waals surface area contributed by atoms with Crippen molar-refractivity contribution in [3.05, 3.63) is 70.8 Å². The van der Waals surface area contributed by atoms with Gasteiger partial charge in [-0.3, -0.25) is 0 Å². The normalized spacial score (nSPS) is 29.7. The minimum absolute atomic E-state index is 0.00324. The average molecular weight is 321 g/mol. The van der Waals surface area contributed by atoms with Crippen LogP contribution in [0, 0.1) is 0 Å². The predicted octanol–water partition coefficient (Wildman–Crippen LogP) is 5.00. The van der Waals surface area contributed by atoms with Crippen molar-refractivity contribution in [1.29, 1.82) is 0 Å². The fourth-order valence-corrected chi connectivity index (χ4v) is 4.15. The van der Waals surface area contributed by atoms with Crippen LogP contribution >= 0.6 is 15.9 Å². The molecular formula is C16H11BrF2. The van der Waals surface area contributed by atoms with Crippen LogP contribution in [0.25, 0.3) is 0 Å². The van der Waals surface area contributed by atoms with E-state index in [1.165, 1.54) is 0 Å². The first-order valence-electron chi connectivity index (χ1n) is 6.32. The molecule has 19 heavy (non-hydrogen) atoms. The zero-order valence-electron chi connectivity index (χ0n) is 9.98. The molecule has 0 N–H and O–H groups in total. The highest BCUT2D eigenvalue weighted by Crippen LogP contribution is 2.70. The Bertz CT molecular complexity index is 610. The molecule has 0 nitrogen and oxygen atoms in total. The summed E-state index contributed by atoms with van der Waals surface area (Å²) < 4.78 is 28.3. The molecule has 3 heteroatoms. The number of benzene rings is 2. The summed E-state index contributed by atoms with van der Waals surface area (Å²) in [5.41, 5.74) is 3.52. The van der Waals surface area contributed by atoms with Gasteiger partial charge in [-0.15, -0.1) is 0 Å². The summed E-state index contributed by atoms with van der Waals surface area (Å²) in [7, 11) is 0. The molecule has 0 radical (unpaired) electrons. The summed E-state index contributed by atoms with van der Waals surface area (Å²) in [4.78, 5) is 0.00324. The van der Waals surface area contributed by atoms with E-state index in [0.29, 0.717) is 0 Å². The molecule has 0 aromatic heterocycles. The van der Waals surface area contributed by atoms with Crippen LogP contribution < -0.4 is 0 Å². The molecule has 2 aliphatic carbocycles. The van der Waals surface area contributed by atoms with Gasteiger partial charge in [-0.25, -0.2) is 8.78 Å². The standard InChI is InChI=1S/C16H11BrF2/c17-15-11-7-3-1-5-9(11)13-14(16(13,18)19)10-6-2-4-8-12(10)15/h1-8,13-15H. The highest BCUT2D eigenvalue weighted by molar-refractivity contribution is 9.09. The smallest absolute Gasteiger partial charge is 0.205 e. The second kappa shape index (κ2) is 3.66. The van der Waals surface area contributed by atoms with E-state index in [4.69, 9.17) is 0 Å². The Balaban J connectivity index is 2.02. The van der Waals surface area contributed by atoms with E-state index in [1.807, 2.05) is 48.5 Å². The highest BCUT2D eigenvalue weighted by atomic mass is 79.9. The van der Waals surface area contributed by atoms with Gasteiger partial charge >= 0.3 is 0 Å². The summed E-state index contributed by atoms with van der Waals surface area (Å²) in [6.45, 7) is 0. The topological polar surface area (TPSA) is 0 Å². The van der Waals surface area contributed by atoms with Crippen molar-refractivity contribution in [2.24, 2.45) is 0 Å². The molecule has 2 atom stereocenters. The van der Waals surface area contributed by atoms with Crippen molar-refractivity contribution in [3.63, 3.8) is 0 Å². The third-order valence-corrected chi connectivity index (χ3v) is 5.25. The molecule has 4 rings (SSSR count). The van der Waals surface area contributed by atoms with Gasteiger partial charge in [-0.2, -0.15) is 0 Å². The SMILES string of the molecule is FC1(F)C2c3ccccc3C(Br)c3ccccc3C21. The average Bonchev–Trinajstić information content (AvgIpc) is 3.02. The maximum Gasteiger partial charge on any atom is 0.263 e. The number of alkyl halides is 3. The number of hydrogen-bond donors (Lipinski definition) is 0. The second-order valence-electron chi connectivity index (χ2n) is 5.25. The molecule has 0 aliphatic heterocycles. The number of hydrogen-bond acceptors (Lipinski definition) is 0. The first kappa shape index (κ1) is 11.6. The summed E-state index contributed by atoms with van der Waals surface area (Å²) in [5, 5.41) is 0. The number of halogens is 3. The highest BCUT2D eigenvalue weighted by Gasteiger charge is 2.70. The summed E-state index contributed by atoms with van der Waals surface area (Å²) >= 11 is 3.68. The minimum atomic E-state index is -2.61. The van der Waals surface area contributed by atoms with E-state index in [2.05, 4.69) is 15.9 Å². The molecule has 0 heterocycles. The predicted molar refractivity (Wildman–Crippen MR) is 74.1 cm³/mol. The van der Waals surface area contributed by atoms with E-state index in [9.17, 15) is 8.78 Å². The van der Waals surface area contributed by atoms with Gasteiger partial charge in [0.05, 0.1) is 16.7 Å². The van der Waals surface area contributed by atoms with Crippen molar-refractivity contribution >= 4 is 15.9 Å². The summed E-state index contributed by atoms with van der Waals surface area (Å²) in [5.74, 6) is -3.93. The van der Waals surface area contributed by atoms with Crippen LogP contribution in [-0.2, 0) is 0 Å². The monoisotopic (exact) mass is 320 g/mol. The van der Waals surface area contributed by atoms with Crippen LogP contribution in [0.3, 0.4) is 0 Å². The van der Waals surface area contributed by atoms with Gasteiger partial charge in [-0.1, -0.05) is 64.5 Å². The van der Waals surface area contributed by atoms with E-state index in [0.717, 1.165) is 22.3 Å². The second-order valence-corrected chi connectivity index (χ2v) is 6.17. The van der Waals surface area contributed by atoms with Crippen LogP contribution in [0.15, 0.2) is 48.5 Å². The summed E-state index contributed by atoms with van der Waals surface area (Å²) in [6.07, 6.45) is 0. The largest absolute Gasteiger partial charge is 0.263 e. The molecule has 0 saturated heterocycles. The molecular weight excluding hydrogens is 310 g/mol. The van der Waals surface area contributed by atoms with E-state index < -0.39 is 17.8 Å². The maximum atomic E-state index is 14.2. The van der Waals surface area contributed by atoms with Gasteiger partial charge in [0.1, 0.15) is 0 Å². The van der Waals surface area contributed by atoms with Gasteiger partial charge in [0.15, 0.2) is 0 Å². The van der Waals surface area contributed by atoms with Gasteiger partial charge in [0.2, 0.25) is 0 Å². The van der Waals surface area contributed by atoms with Crippen LogP contribution in [0.1, 0.15) is 38.9 Å². The molecule has 2 aromatic rings. The van der Waals surface area contributed by atoms with Crippen LogP contribution in [0.5, 0.6) is 0 Å². The van der Waals surface area contributed by atoms with Gasteiger partial charge in [-0.05, 0) is 22.3 Å². The van der Waals surface area contributed by atoms with Crippen molar-refractivity contribution in [3.8, 4) is 0 Å². The lowest BCUT2D eigenvalue weighted by atomic mass is 9.97.